The highest BCUT2D eigenvalue weighted by Gasteiger charge is 2.24. The van der Waals surface area contributed by atoms with E-state index in [1.807, 2.05) is 0 Å². The van der Waals surface area contributed by atoms with Gasteiger partial charge >= 0.3 is 0 Å². The number of benzene rings is 2. The molecular weight excluding hydrogens is 354 g/mol. The summed E-state index contributed by atoms with van der Waals surface area (Å²) in [5.41, 5.74) is 1.46. The van der Waals surface area contributed by atoms with E-state index >= 15 is 0 Å². The molecule has 0 aliphatic carbocycles. The number of carbonyl (C=O) groups excluding carboxylic acids is 2. The fourth-order valence-corrected chi connectivity index (χ4v) is 3.58. The predicted molar refractivity (Wildman–Crippen MR) is 110 cm³/mol. The topological polar surface area (TPSA) is 70.7 Å². The normalized spacial score (nSPS) is 16.6. The van der Waals surface area contributed by atoms with Crippen LogP contribution in [0.1, 0.15) is 40.5 Å². The van der Waals surface area contributed by atoms with E-state index in [0.717, 1.165) is 19.5 Å². The molecule has 2 aromatic carbocycles. The van der Waals surface area contributed by atoms with Gasteiger partial charge in [0, 0.05) is 18.2 Å². The molecule has 6 nitrogen and oxygen atoms in total. The van der Waals surface area contributed by atoms with Crippen molar-refractivity contribution in [3.8, 4) is 5.75 Å². The average molecular weight is 381 g/mol. The molecule has 1 saturated heterocycles. The number of hydrogen-bond acceptors (Lipinski definition) is 4. The lowest BCUT2D eigenvalue weighted by Gasteiger charge is -2.23. The molecule has 6 heteroatoms. The fraction of sp³-hybridized carbons (Fsp3) is 0.364. The van der Waals surface area contributed by atoms with Crippen LogP contribution < -0.4 is 15.4 Å². The Balaban J connectivity index is 1.66. The summed E-state index contributed by atoms with van der Waals surface area (Å²) in [5.74, 6) is 0.244. The van der Waals surface area contributed by atoms with Crippen LogP contribution in [-0.4, -0.2) is 49.5 Å². The van der Waals surface area contributed by atoms with Crippen molar-refractivity contribution in [1.29, 1.82) is 0 Å². The van der Waals surface area contributed by atoms with E-state index in [2.05, 4.69) is 22.5 Å². The molecule has 1 atom stereocenters. The molecule has 2 aromatic rings. The quantitative estimate of drug-likeness (QED) is 0.773. The molecule has 1 aliphatic rings. The lowest BCUT2D eigenvalue weighted by Crippen LogP contribution is -2.40. The van der Waals surface area contributed by atoms with E-state index in [9.17, 15) is 9.59 Å². The molecule has 28 heavy (non-hydrogen) atoms. The Labute approximate surface area is 165 Å². The third-order valence-corrected chi connectivity index (χ3v) is 5.18. The SMILES string of the molecule is CCN1CCCC1CNC(=O)c1ccccc1NC(=O)c1ccc(OC)cc1. The van der Waals surface area contributed by atoms with E-state index < -0.39 is 0 Å². The zero-order chi connectivity index (χ0) is 19.9. The fourth-order valence-electron chi connectivity index (χ4n) is 3.58. The van der Waals surface area contributed by atoms with Gasteiger partial charge in [-0.1, -0.05) is 19.1 Å². The molecule has 0 aromatic heterocycles. The molecule has 0 radical (unpaired) electrons. The van der Waals surface area contributed by atoms with Crippen LogP contribution in [0.3, 0.4) is 0 Å². The molecule has 2 amide bonds. The predicted octanol–water partition coefficient (Wildman–Crippen LogP) is 3.16. The number of nitrogens with zero attached hydrogens (tertiary/aromatic N) is 1. The Kier molecular flexibility index (Phi) is 6.66. The molecular formula is C22H27N3O3. The van der Waals surface area contributed by atoms with E-state index in [0.29, 0.717) is 35.2 Å². The van der Waals surface area contributed by atoms with Crippen LogP contribution in [-0.2, 0) is 0 Å². The molecule has 1 unspecified atom stereocenters. The minimum absolute atomic E-state index is 0.173. The van der Waals surface area contributed by atoms with Gasteiger partial charge in [0.2, 0.25) is 0 Å². The van der Waals surface area contributed by atoms with Crippen molar-refractivity contribution < 1.29 is 14.3 Å². The van der Waals surface area contributed by atoms with Crippen LogP contribution in [0.2, 0.25) is 0 Å². The third-order valence-electron chi connectivity index (χ3n) is 5.18. The van der Waals surface area contributed by atoms with E-state index in [4.69, 9.17) is 4.74 Å². The van der Waals surface area contributed by atoms with Gasteiger partial charge in [-0.3, -0.25) is 14.5 Å². The van der Waals surface area contributed by atoms with Crippen molar-refractivity contribution in [2.75, 3.05) is 32.1 Å². The van der Waals surface area contributed by atoms with Gasteiger partial charge in [-0.25, -0.2) is 0 Å². The summed E-state index contributed by atoms with van der Waals surface area (Å²) in [5, 5.41) is 5.87. The van der Waals surface area contributed by atoms with Gasteiger partial charge in [0.05, 0.1) is 18.4 Å². The van der Waals surface area contributed by atoms with Crippen molar-refractivity contribution in [3.63, 3.8) is 0 Å². The minimum Gasteiger partial charge on any atom is -0.497 e. The van der Waals surface area contributed by atoms with Gasteiger partial charge in [0.1, 0.15) is 5.75 Å². The Bertz CT molecular complexity index is 820. The molecule has 3 rings (SSSR count). The molecule has 0 saturated carbocycles. The lowest BCUT2D eigenvalue weighted by atomic mass is 10.1. The third kappa shape index (κ3) is 4.70. The number of rotatable bonds is 7. The van der Waals surface area contributed by atoms with Gasteiger partial charge in [-0.15, -0.1) is 0 Å². The summed E-state index contributed by atoms with van der Waals surface area (Å²) in [4.78, 5) is 27.7. The Morgan fingerprint density at radius 2 is 1.86 bits per heavy atom. The number of ether oxygens (including phenoxy) is 1. The van der Waals surface area contributed by atoms with Gasteiger partial charge in [-0.05, 0) is 62.3 Å². The first-order valence-corrected chi connectivity index (χ1v) is 9.69. The number of methoxy groups -OCH3 is 1. The summed E-state index contributed by atoms with van der Waals surface area (Å²) in [6, 6.07) is 14.3. The highest BCUT2D eigenvalue weighted by atomic mass is 16.5. The van der Waals surface area contributed by atoms with Crippen molar-refractivity contribution in [3.05, 3.63) is 59.7 Å². The lowest BCUT2D eigenvalue weighted by molar-refractivity contribution is 0.0942. The average Bonchev–Trinajstić information content (AvgIpc) is 3.20. The van der Waals surface area contributed by atoms with Crippen LogP contribution in [0, 0.1) is 0 Å². The standard InChI is InChI=1S/C22H27N3O3/c1-3-25-14-6-7-17(25)15-23-22(27)19-8-4-5-9-20(19)24-21(26)16-10-12-18(28-2)13-11-16/h4-5,8-13,17H,3,6-7,14-15H2,1-2H3,(H,23,27)(H,24,26). The Hall–Kier alpha value is -2.86. The first-order valence-electron chi connectivity index (χ1n) is 9.69. The number of likely N-dealkylation sites (tertiary alicyclic amines) is 1. The zero-order valence-electron chi connectivity index (χ0n) is 16.4. The first kappa shape index (κ1) is 19.9. The van der Waals surface area contributed by atoms with Gasteiger partial charge in [0.15, 0.2) is 0 Å². The summed E-state index contributed by atoms with van der Waals surface area (Å²) in [7, 11) is 1.58. The number of likely N-dealkylation sites (N-methyl/N-ethyl adjacent to an activating group) is 1. The number of para-hydroxylation sites is 1. The number of nitrogens with one attached hydrogen (secondary N) is 2. The van der Waals surface area contributed by atoms with Crippen LogP contribution in [0.25, 0.3) is 0 Å². The summed E-state index contributed by atoms with van der Waals surface area (Å²) >= 11 is 0. The molecule has 1 fully saturated rings. The minimum atomic E-state index is -0.268. The van der Waals surface area contributed by atoms with Gasteiger partial charge in [-0.2, -0.15) is 0 Å². The number of carbonyl (C=O) groups is 2. The summed E-state index contributed by atoms with van der Waals surface area (Å²) in [6.45, 7) is 4.85. The maximum Gasteiger partial charge on any atom is 0.255 e. The highest BCUT2D eigenvalue weighted by Crippen LogP contribution is 2.19. The number of amides is 2. The summed E-state index contributed by atoms with van der Waals surface area (Å²) < 4.78 is 5.11. The maximum atomic E-state index is 12.7. The van der Waals surface area contributed by atoms with E-state index in [1.165, 1.54) is 6.42 Å². The highest BCUT2D eigenvalue weighted by molar-refractivity contribution is 6.09. The number of anilines is 1. The number of hydrogen-bond donors (Lipinski definition) is 2. The van der Waals surface area contributed by atoms with Crippen molar-refractivity contribution >= 4 is 17.5 Å². The second-order valence-electron chi connectivity index (χ2n) is 6.86. The second kappa shape index (κ2) is 9.37. The smallest absolute Gasteiger partial charge is 0.255 e. The van der Waals surface area contributed by atoms with Crippen LogP contribution in [0.5, 0.6) is 5.75 Å². The Morgan fingerprint density at radius 1 is 1.11 bits per heavy atom. The first-order chi connectivity index (χ1) is 13.6. The van der Waals surface area contributed by atoms with Gasteiger partial charge in [0.25, 0.3) is 11.8 Å². The van der Waals surface area contributed by atoms with Crippen molar-refractivity contribution in [2.24, 2.45) is 0 Å². The van der Waals surface area contributed by atoms with E-state index in [-0.39, 0.29) is 11.8 Å². The zero-order valence-corrected chi connectivity index (χ0v) is 16.4. The summed E-state index contributed by atoms with van der Waals surface area (Å²) in [6.07, 6.45) is 2.27. The molecule has 148 valence electrons. The molecule has 1 aliphatic heterocycles. The molecule has 0 bridgehead atoms. The monoisotopic (exact) mass is 381 g/mol. The second-order valence-corrected chi connectivity index (χ2v) is 6.86. The van der Waals surface area contributed by atoms with Crippen molar-refractivity contribution in [1.82, 2.24) is 10.2 Å². The molecule has 1 heterocycles. The molecule has 0 spiro atoms. The maximum absolute atomic E-state index is 12.7. The van der Waals surface area contributed by atoms with E-state index in [1.54, 1.807) is 55.6 Å². The van der Waals surface area contributed by atoms with Crippen LogP contribution >= 0.6 is 0 Å². The van der Waals surface area contributed by atoms with Crippen LogP contribution in [0.4, 0.5) is 5.69 Å². The van der Waals surface area contributed by atoms with Gasteiger partial charge < -0.3 is 15.4 Å². The Morgan fingerprint density at radius 3 is 2.57 bits per heavy atom. The largest absolute Gasteiger partial charge is 0.497 e. The molecule has 2 N–H and O–H groups in total. The van der Waals surface area contributed by atoms with Crippen LogP contribution in [0.15, 0.2) is 48.5 Å². The van der Waals surface area contributed by atoms with Crippen molar-refractivity contribution in [2.45, 2.75) is 25.8 Å².